The molecule has 0 rings (SSSR count). The number of carbonyl (C=O) groups excluding carboxylic acids is 3. The van der Waals surface area contributed by atoms with Crippen LogP contribution in [0.25, 0.3) is 0 Å². The Kier molecular flexibility index (Phi) is 46.0. The quantitative estimate of drug-likeness (QED) is 0.0200. The molecule has 0 saturated carbocycles. The molecule has 0 aromatic heterocycles. The molecule has 6 nitrogen and oxygen atoms in total. The van der Waals surface area contributed by atoms with Gasteiger partial charge in [-0.25, -0.2) is 0 Å². The molecule has 0 amide bonds. The van der Waals surface area contributed by atoms with Crippen LogP contribution in [0.15, 0.2) is 72.9 Å². The van der Waals surface area contributed by atoms with Crippen molar-refractivity contribution < 1.29 is 28.6 Å². The summed E-state index contributed by atoms with van der Waals surface area (Å²) in [5.41, 5.74) is 0. The summed E-state index contributed by atoms with van der Waals surface area (Å²) in [5.74, 6) is -0.919. The summed E-state index contributed by atoms with van der Waals surface area (Å²) in [7, 11) is 0. The number of hydrogen-bond acceptors (Lipinski definition) is 6. The maximum absolute atomic E-state index is 12.8. The van der Waals surface area contributed by atoms with Gasteiger partial charge in [-0.05, 0) is 89.9 Å². The van der Waals surface area contributed by atoms with Gasteiger partial charge in [0.1, 0.15) is 13.2 Å². The Hall–Kier alpha value is -3.15. The van der Waals surface area contributed by atoms with Crippen LogP contribution in [0.5, 0.6) is 0 Å². The van der Waals surface area contributed by atoms with E-state index in [1.807, 2.05) is 0 Å². The van der Waals surface area contributed by atoms with Crippen LogP contribution in [0, 0.1) is 0 Å². The molecule has 1 unspecified atom stereocenters. The van der Waals surface area contributed by atoms with Crippen molar-refractivity contribution in [3.05, 3.63) is 72.9 Å². The van der Waals surface area contributed by atoms with Crippen LogP contribution >= 0.6 is 0 Å². The van der Waals surface area contributed by atoms with Crippen LogP contribution in [0.1, 0.15) is 233 Å². The van der Waals surface area contributed by atoms with E-state index in [2.05, 4.69) is 93.7 Å². The van der Waals surface area contributed by atoms with Crippen LogP contribution < -0.4 is 0 Å². The second kappa shape index (κ2) is 48.5. The van der Waals surface area contributed by atoms with Gasteiger partial charge in [-0.15, -0.1) is 0 Å². The maximum atomic E-state index is 12.8. The first-order valence-corrected chi connectivity index (χ1v) is 25.0. The van der Waals surface area contributed by atoms with E-state index in [1.165, 1.54) is 89.9 Å². The SMILES string of the molecule is CC\C=C/C=C\C=C/CCCCCCCCCC(=O)OCC(COC(=O)CCCCCCC/C=C\C/C=C\CC)OC(=O)CCCCCCCCC/C=C\CCCCCC. The molecule has 0 aromatic carbocycles. The zero-order valence-corrected chi connectivity index (χ0v) is 39.2. The maximum Gasteiger partial charge on any atom is 0.306 e. The topological polar surface area (TPSA) is 78.9 Å². The van der Waals surface area contributed by atoms with Crippen LogP contribution in [-0.4, -0.2) is 37.2 Å². The molecule has 1 atom stereocenters. The van der Waals surface area contributed by atoms with E-state index in [-0.39, 0.29) is 31.1 Å². The highest BCUT2D eigenvalue weighted by Gasteiger charge is 2.19. The normalized spacial score (nSPS) is 12.7. The molecule has 0 aliphatic carbocycles. The second-order valence-corrected chi connectivity index (χ2v) is 16.4. The number of rotatable bonds is 44. The Bertz CT molecular complexity index is 1140. The standard InChI is InChI=1S/C54H92O6/c1-4-7-10-13-16-19-22-25-27-29-32-35-38-41-44-47-53(56)59-50-51(49-58-52(55)46-43-40-37-34-31-24-21-18-15-12-9-6-3)60-54(57)48-45-42-39-36-33-30-28-26-23-20-17-14-11-8-5-2/h7,9-10,12-13,16,18-23,51H,4-6,8,11,14-15,17,24-50H2,1-3H3/b10-7-,12-9-,16-13-,21-18-,22-19-,23-20-. The van der Waals surface area contributed by atoms with Crippen molar-refractivity contribution in [1.82, 2.24) is 0 Å². The molecule has 344 valence electrons. The summed E-state index contributed by atoms with van der Waals surface area (Å²) in [4.78, 5) is 37.9. The van der Waals surface area contributed by atoms with Gasteiger partial charge in [0.25, 0.3) is 0 Å². The lowest BCUT2D eigenvalue weighted by Gasteiger charge is -2.18. The van der Waals surface area contributed by atoms with Gasteiger partial charge in [0.15, 0.2) is 6.10 Å². The van der Waals surface area contributed by atoms with E-state index in [4.69, 9.17) is 14.2 Å². The van der Waals surface area contributed by atoms with E-state index >= 15 is 0 Å². The molecule has 0 saturated heterocycles. The van der Waals surface area contributed by atoms with Gasteiger partial charge in [0.05, 0.1) is 0 Å². The predicted octanol–water partition coefficient (Wildman–Crippen LogP) is 16.3. The first-order chi connectivity index (χ1) is 29.5. The predicted molar refractivity (Wildman–Crippen MR) is 256 cm³/mol. The van der Waals surface area contributed by atoms with Crippen molar-refractivity contribution in [2.24, 2.45) is 0 Å². The largest absolute Gasteiger partial charge is 0.462 e. The highest BCUT2D eigenvalue weighted by atomic mass is 16.6. The van der Waals surface area contributed by atoms with Crippen LogP contribution in [0.3, 0.4) is 0 Å². The van der Waals surface area contributed by atoms with Crippen molar-refractivity contribution >= 4 is 17.9 Å². The molecule has 0 N–H and O–H groups in total. The lowest BCUT2D eigenvalue weighted by Crippen LogP contribution is -2.30. The Labute approximate surface area is 370 Å². The average Bonchev–Trinajstić information content (AvgIpc) is 3.24. The molecule has 0 spiro atoms. The Morgan fingerprint density at radius 2 is 0.733 bits per heavy atom. The second-order valence-electron chi connectivity index (χ2n) is 16.4. The fraction of sp³-hybridized carbons (Fsp3) is 0.722. The number of esters is 3. The van der Waals surface area contributed by atoms with Crippen molar-refractivity contribution in [2.75, 3.05) is 13.2 Å². The van der Waals surface area contributed by atoms with Gasteiger partial charge in [0.2, 0.25) is 0 Å². The molecule has 0 aliphatic rings. The molecule has 0 aliphatic heterocycles. The fourth-order valence-electron chi connectivity index (χ4n) is 6.77. The smallest absolute Gasteiger partial charge is 0.306 e. The minimum atomic E-state index is -0.787. The van der Waals surface area contributed by atoms with Gasteiger partial charge in [-0.1, -0.05) is 196 Å². The Balaban J connectivity index is 4.42. The minimum Gasteiger partial charge on any atom is -0.462 e. The summed E-state index contributed by atoms with van der Waals surface area (Å²) >= 11 is 0. The Morgan fingerprint density at radius 1 is 0.367 bits per heavy atom. The lowest BCUT2D eigenvalue weighted by molar-refractivity contribution is -0.167. The van der Waals surface area contributed by atoms with Gasteiger partial charge in [0, 0.05) is 19.3 Å². The number of hydrogen-bond donors (Lipinski definition) is 0. The summed E-state index contributed by atoms with van der Waals surface area (Å²) in [5, 5.41) is 0. The number of allylic oxidation sites excluding steroid dienone is 12. The molecular weight excluding hydrogens is 745 g/mol. The molecular formula is C54H92O6. The zero-order chi connectivity index (χ0) is 43.7. The summed E-state index contributed by atoms with van der Waals surface area (Å²) in [6.07, 6.45) is 60.2. The monoisotopic (exact) mass is 837 g/mol. The molecule has 60 heavy (non-hydrogen) atoms. The molecule has 0 heterocycles. The molecule has 0 bridgehead atoms. The first-order valence-electron chi connectivity index (χ1n) is 25.0. The first kappa shape index (κ1) is 56.9. The molecule has 6 heteroatoms. The summed E-state index contributed by atoms with van der Waals surface area (Å²) in [6.45, 7) is 6.36. The average molecular weight is 837 g/mol. The highest BCUT2D eigenvalue weighted by molar-refractivity contribution is 5.71. The lowest BCUT2D eigenvalue weighted by atomic mass is 10.1. The molecule has 0 aromatic rings. The van der Waals surface area contributed by atoms with Crippen LogP contribution in [0.2, 0.25) is 0 Å². The van der Waals surface area contributed by atoms with Crippen LogP contribution in [-0.2, 0) is 28.6 Å². The summed E-state index contributed by atoms with van der Waals surface area (Å²) < 4.78 is 16.8. The zero-order valence-electron chi connectivity index (χ0n) is 39.2. The van der Waals surface area contributed by atoms with E-state index in [0.717, 1.165) is 103 Å². The van der Waals surface area contributed by atoms with Gasteiger partial charge in [-0.3, -0.25) is 14.4 Å². The van der Waals surface area contributed by atoms with Crippen molar-refractivity contribution in [1.29, 1.82) is 0 Å². The van der Waals surface area contributed by atoms with Crippen LogP contribution in [0.4, 0.5) is 0 Å². The third-order valence-corrected chi connectivity index (χ3v) is 10.5. The van der Waals surface area contributed by atoms with E-state index in [1.54, 1.807) is 0 Å². The highest BCUT2D eigenvalue weighted by Crippen LogP contribution is 2.14. The Morgan fingerprint density at radius 3 is 1.20 bits per heavy atom. The third-order valence-electron chi connectivity index (χ3n) is 10.5. The molecule has 0 radical (unpaired) electrons. The van der Waals surface area contributed by atoms with Gasteiger partial charge >= 0.3 is 17.9 Å². The van der Waals surface area contributed by atoms with Crippen molar-refractivity contribution in [3.63, 3.8) is 0 Å². The van der Waals surface area contributed by atoms with Gasteiger partial charge in [-0.2, -0.15) is 0 Å². The molecule has 0 fully saturated rings. The summed E-state index contributed by atoms with van der Waals surface area (Å²) in [6, 6.07) is 0. The minimum absolute atomic E-state index is 0.0884. The van der Waals surface area contributed by atoms with E-state index in [9.17, 15) is 14.4 Å². The number of ether oxygens (including phenoxy) is 3. The number of unbranched alkanes of at least 4 members (excludes halogenated alkanes) is 23. The van der Waals surface area contributed by atoms with E-state index < -0.39 is 6.10 Å². The third kappa shape index (κ3) is 45.9. The van der Waals surface area contributed by atoms with Gasteiger partial charge < -0.3 is 14.2 Å². The van der Waals surface area contributed by atoms with Crippen molar-refractivity contribution in [3.8, 4) is 0 Å². The van der Waals surface area contributed by atoms with Crippen molar-refractivity contribution in [2.45, 2.75) is 239 Å². The fourth-order valence-corrected chi connectivity index (χ4v) is 6.77. The number of carbonyl (C=O) groups is 3. The van der Waals surface area contributed by atoms with E-state index in [0.29, 0.717) is 19.3 Å².